The number of rotatable bonds is 2. The van der Waals surface area contributed by atoms with Crippen LogP contribution in [0.3, 0.4) is 0 Å². The molecule has 0 unspecified atom stereocenters. The molecule has 100 valence electrons. The topological polar surface area (TPSA) is 47.9 Å². The first-order valence-corrected chi connectivity index (χ1v) is 7.39. The van der Waals surface area contributed by atoms with Gasteiger partial charge in [-0.15, -0.1) is 0 Å². The molecule has 1 aliphatic heterocycles. The molecule has 0 saturated heterocycles. The van der Waals surface area contributed by atoms with Crippen LogP contribution in [0.25, 0.3) is 0 Å². The van der Waals surface area contributed by atoms with Gasteiger partial charge in [-0.25, -0.2) is 0 Å². The summed E-state index contributed by atoms with van der Waals surface area (Å²) in [4.78, 5) is 0. The van der Waals surface area contributed by atoms with Crippen LogP contribution in [0.5, 0.6) is 0 Å². The number of nitriles is 1. The average molecular weight is 328 g/mol. The Hall–Kier alpha value is -1.99. The van der Waals surface area contributed by atoms with Gasteiger partial charge in [0.05, 0.1) is 11.3 Å². The minimum absolute atomic E-state index is 0.628. The SMILES string of the molecule is N#Cc1c(Br)cccc1Nc1ccc2c(c1)CCCN2. The molecule has 0 radical (unpaired) electrons. The minimum Gasteiger partial charge on any atom is -0.385 e. The number of fused-ring (bicyclic) bond motifs is 1. The Labute approximate surface area is 126 Å². The van der Waals surface area contributed by atoms with E-state index >= 15 is 0 Å². The van der Waals surface area contributed by atoms with Crippen molar-refractivity contribution in [3.63, 3.8) is 0 Å². The van der Waals surface area contributed by atoms with Gasteiger partial charge in [0.2, 0.25) is 0 Å². The summed E-state index contributed by atoms with van der Waals surface area (Å²) in [6.45, 7) is 1.05. The van der Waals surface area contributed by atoms with E-state index in [0.717, 1.165) is 35.2 Å². The fourth-order valence-corrected chi connectivity index (χ4v) is 2.90. The fraction of sp³-hybridized carbons (Fsp3) is 0.188. The molecule has 0 atom stereocenters. The van der Waals surface area contributed by atoms with Crippen molar-refractivity contribution in [2.75, 3.05) is 17.2 Å². The highest BCUT2D eigenvalue weighted by Gasteiger charge is 2.10. The lowest BCUT2D eigenvalue weighted by molar-refractivity contribution is 0.830. The largest absolute Gasteiger partial charge is 0.385 e. The van der Waals surface area contributed by atoms with Gasteiger partial charge in [0, 0.05) is 22.4 Å². The Bertz CT molecular complexity index is 689. The summed E-state index contributed by atoms with van der Waals surface area (Å²) < 4.78 is 0.810. The molecule has 4 heteroatoms. The zero-order valence-corrected chi connectivity index (χ0v) is 12.5. The summed E-state index contributed by atoms with van der Waals surface area (Å²) in [5, 5.41) is 16.0. The zero-order chi connectivity index (χ0) is 13.9. The van der Waals surface area contributed by atoms with Gasteiger partial charge in [0.15, 0.2) is 0 Å². The summed E-state index contributed by atoms with van der Waals surface area (Å²) in [6.07, 6.45) is 2.26. The lowest BCUT2D eigenvalue weighted by Crippen LogP contribution is -2.11. The van der Waals surface area contributed by atoms with Gasteiger partial charge in [-0.2, -0.15) is 5.26 Å². The molecule has 3 nitrogen and oxygen atoms in total. The van der Waals surface area contributed by atoms with E-state index in [2.05, 4.69) is 44.8 Å². The van der Waals surface area contributed by atoms with Crippen molar-refractivity contribution in [3.8, 4) is 6.07 Å². The second-order valence-electron chi connectivity index (χ2n) is 4.80. The van der Waals surface area contributed by atoms with E-state index in [1.807, 2.05) is 24.3 Å². The molecule has 2 aromatic carbocycles. The number of halogens is 1. The number of hydrogen-bond acceptors (Lipinski definition) is 3. The van der Waals surface area contributed by atoms with E-state index in [9.17, 15) is 5.26 Å². The molecule has 1 heterocycles. The maximum absolute atomic E-state index is 9.24. The number of benzene rings is 2. The zero-order valence-electron chi connectivity index (χ0n) is 10.9. The molecular weight excluding hydrogens is 314 g/mol. The molecule has 2 aromatic rings. The third-order valence-corrected chi connectivity index (χ3v) is 4.11. The Morgan fingerprint density at radius 3 is 3.00 bits per heavy atom. The van der Waals surface area contributed by atoms with E-state index in [1.165, 1.54) is 11.3 Å². The van der Waals surface area contributed by atoms with Gasteiger partial charge in [-0.05, 0) is 64.7 Å². The molecule has 0 amide bonds. The van der Waals surface area contributed by atoms with Crippen molar-refractivity contribution in [1.29, 1.82) is 5.26 Å². The van der Waals surface area contributed by atoms with Crippen molar-refractivity contribution >= 4 is 33.0 Å². The molecule has 0 saturated carbocycles. The van der Waals surface area contributed by atoms with Crippen molar-refractivity contribution in [2.24, 2.45) is 0 Å². The van der Waals surface area contributed by atoms with E-state index in [4.69, 9.17) is 0 Å². The highest BCUT2D eigenvalue weighted by atomic mass is 79.9. The first-order chi connectivity index (χ1) is 9.78. The molecule has 0 aromatic heterocycles. The normalized spacial score (nSPS) is 13.0. The fourth-order valence-electron chi connectivity index (χ4n) is 2.45. The predicted molar refractivity (Wildman–Crippen MR) is 85.4 cm³/mol. The number of nitrogens with one attached hydrogen (secondary N) is 2. The van der Waals surface area contributed by atoms with Crippen molar-refractivity contribution < 1.29 is 0 Å². The second kappa shape index (κ2) is 5.56. The molecular formula is C16H14BrN3. The van der Waals surface area contributed by atoms with Crippen LogP contribution < -0.4 is 10.6 Å². The lowest BCUT2D eigenvalue weighted by atomic mass is 10.0. The van der Waals surface area contributed by atoms with Gasteiger partial charge in [-0.3, -0.25) is 0 Å². The third-order valence-electron chi connectivity index (χ3n) is 3.45. The quantitative estimate of drug-likeness (QED) is 0.858. The van der Waals surface area contributed by atoms with Crippen LogP contribution in [0.4, 0.5) is 17.1 Å². The Kier molecular flexibility index (Phi) is 3.62. The summed E-state index contributed by atoms with van der Waals surface area (Å²) in [5.74, 6) is 0. The van der Waals surface area contributed by atoms with Gasteiger partial charge >= 0.3 is 0 Å². The molecule has 2 N–H and O–H groups in total. The van der Waals surface area contributed by atoms with Gasteiger partial charge in [0.1, 0.15) is 6.07 Å². The summed E-state index contributed by atoms with van der Waals surface area (Å²) >= 11 is 3.41. The van der Waals surface area contributed by atoms with Crippen molar-refractivity contribution in [3.05, 3.63) is 52.0 Å². The van der Waals surface area contributed by atoms with E-state index in [0.29, 0.717) is 5.56 Å². The lowest BCUT2D eigenvalue weighted by Gasteiger charge is -2.19. The van der Waals surface area contributed by atoms with Gasteiger partial charge < -0.3 is 10.6 Å². The average Bonchev–Trinajstić information content (AvgIpc) is 2.47. The first-order valence-electron chi connectivity index (χ1n) is 6.60. The third kappa shape index (κ3) is 2.50. The first kappa shape index (κ1) is 13.0. The molecule has 3 rings (SSSR count). The van der Waals surface area contributed by atoms with Crippen LogP contribution in [0, 0.1) is 11.3 Å². The molecule has 20 heavy (non-hydrogen) atoms. The standard InChI is InChI=1S/C16H14BrN3/c17-14-4-1-5-16(13(14)10-18)20-12-6-7-15-11(9-12)3-2-8-19-15/h1,4-7,9,19-20H,2-3,8H2. The maximum Gasteiger partial charge on any atom is 0.103 e. The summed E-state index contributed by atoms with van der Waals surface area (Å²) in [5.41, 5.74) is 5.02. The number of anilines is 3. The Morgan fingerprint density at radius 2 is 2.15 bits per heavy atom. The molecule has 0 fully saturated rings. The number of nitrogens with zero attached hydrogens (tertiary/aromatic N) is 1. The van der Waals surface area contributed by atoms with Crippen molar-refractivity contribution in [1.82, 2.24) is 0 Å². The van der Waals surface area contributed by atoms with E-state index in [1.54, 1.807) is 0 Å². The van der Waals surface area contributed by atoms with Gasteiger partial charge in [-0.1, -0.05) is 6.07 Å². The number of hydrogen-bond donors (Lipinski definition) is 2. The smallest absolute Gasteiger partial charge is 0.103 e. The molecule has 0 bridgehead atoms. The minimum atomic E-state index is 0.628. The monoisotopic (exact) mass is 327 g/mol. The van der Waals surface area contributed by atoms with Gasteiger partial charge in [0.25, 0.3) is 0 Å². The molecule has 1 aliphatic rings. The molecule has 0 aliphatic carbocycles. The van der Waals surface area contributed by atoms with Crippen LogP contribution in [-0.2, 0) is 6.42 Å². The van der Waals surface area contributed by atoms with Crippen molar-refractivity contribution in [2.45, 2.75) is 12.8 Å². The highest BCUT2D eigenvalue weighted by Crippen LogP contribution is 2.30. The van der Waals surface area contributed by atoms with Crippen LogP contribution in [0.2, 0.25) is 0 Å². The van der Waals surface area contributed by atoms with Crippen LogP contribution in [0.1, 0.15) is 17.5 Å². The highest BCUT2D eigenvalue weighted by molar-refractivity contribution is 9.10. The predicted octanol–water partition coefficient (Wildman–Crippen LogP) is 4.42. The Morgan fingerprint density at radius 1 is 1.25 bits per heavy atom. The van der Waals surface area contributed by atoms with Crippen LogP contribution in [0.15, 0.2) is 40.9 Å². The second-order valence-corrected chi connectivity index (χ2v) is 5.66. The van der Waals surface area contributed by atoms with E-state index < -0.39 is 0 Å². The molecule has 0 spiro atoms. The van der Waals surface area contributed by atoms with E-state index in [-0.39, 0.29) is 0 Å². The van der Waals surface area contributed by atoms with Crippen LogP contribution in [-0.4, -0.2) is 6.54 Å². The number of aryl methyl sites for hydroxylation is 1. The summed E-state index contributed by atoms with van der Waals surface area (Å²) in [6, 6.07) is 14.2. The summed E-state index contributed by atoms with van der Waals surface area (Å²) in [7, 11) is 0. The van der Waals surface area contributed by atoms with Crippen LogP contribution >= 0.6 is 15.9 Å². The maximum atomic E-state index is 9.24. The Balaban J connectivity index is 1.92.